The molecule has 1 fully saturated rings. The molecule has 14 heavy (non-hydrogen) atoms. The van der Waals surface area contributed by atoms with E-state index < -0.39 is 23.5 Å². The smallest absolute Gasteiger partial charge is 0.310 e. The third-order valence-electron chi connectivity index (χ3n) is 2.99. The van der Waals surface area contributed by atoms with Crippen LogP contribution in [0.1, 0.15) is 12.5 Å². The molecule has 1 N–H and O–H groups in total. The van der Waals surface area contributed by atoms with Gasteiger partial charge in [0.15, 0.2) is 5.67 Å². The van der Waals surface area contributed by atoms with E-state index in [-0.39, 0.29) is 0 Å². The number of benzene rings is 1. The predicted molar refractivity (Wildman–Crippen MR) is 49.5 cm³/mol. The topological polar surface area (TPSA) is 37.3 Å². The first-order valence-corrected chi connectivity index (χ1v) is 4.55. The summed E-state index contributed by atoms with van der Waals surface area (Å²) in [6, 6.07) is 8.51. The highest BCUT2D eigenvalue weighted by atomic mass is 19.1. The Balaban J connectivity index is 2.33. The zero-order valence-electron chi connectivity index (χ0n) is 7.77. The maximum atomic E-state index is 14.2. The molecule has 3 atom stereocenters. The van der Waals surface area contributed by atoms with Crippen molar-refractivity contribution >= 4 is 5.97 Å². The summed E-state index contributed by atoms with van der Waals surface area (Å²) in [6.07, 6.45) is 0. The average Bonchev–Trinajstić information content (AvgIpc) is 2.72. The molecule has 1 aliphatic carbocycles. The van der Waals surface area contributed by atoms with Crippen LogP contribution in [0, 0.1) is 11.8 Å². The number of carboxylic acids is 1. The lowest BCUT2D eigenvalue weighted by Crippen LogP contribution is -2.09. The molecule has 0 heterocycles. The monoisotopic (exact) mass is 194 g/mol. The van der Waals surface area contributed by atoms with E-state index in [4.69, 9.17) is 5.11 Å². The molecule has 0 amide bonds. The molecule has 2 rings (SSSR count). The van der Waals surface area contributed by atoms with Crippen molar-refractivity contribution in [2.75, 3.05) is 0 Å². The van der Waals surface area contributed by atoms with Crippen LogP contribution in [-0.2, 0) is 10.5 Å². The van der Waals surface area contributed by atoms with Crippen LogP contribution >= 0.6 is 0 Å². The van der Waals surface area contributed by atoms with E-state index in [0.29, 0.717) is 5.56 Å². The van der Waals surface area contributed by atoms with E-state index in [9.17, 15) is 9.18 Å². The predicted octanol–water partition coefficient (Wildman–Crippen LogP) is 2.20. The third-order valence-corrected chi connectivity index (χ3v) is 2.99. The molecule has 1 aliphatic rings. The van der Waals surface area contributed by atoms with Crippen molar-refractivity contribution in [3.05, 3.63) is 35.9 Å². The van der Waals surface area contributed by atoms with Gasteiger partial charge in [-0.2, -0.15) is 0 Å². The van der Waals surface area contributed by atoms with Crippen molar-refractivity contribution in [2.45, 2.75) is 12.6 Å². The second-order valence-electron chi connectivity index (χ2n) is 3.74. The second-order valence-corrected chi connectivity index (χ2v) is 3.74. The highest BCUT2D eigenvalue weighted by Gasteiger charge is 2.68. The molecule has 1 aromatic rings. The highest BCUT2D eigenvalue weighted by molar-refractivity contribution is 5.77. The fraction of sp³-hybridized carbons (Fsp3) is 0.364. The summed E-state index contributed by atoms with van der Waals surface area (Å²) < 4.78 is 14.2. The van der Waals surface area contributed by atoms with Gasteiger partial charge in [-0.3, -0.25) is 4.79 Å². The lowest BCUT2D eigenvalue weighted by Gasteiger charge is -2.06. The van der Waals surface area contributed by atoms with Gasteiger partial charge >= 0.3 is 5.97 Å². The van der Waals surface area contributed by atoms with E-state index in [1.807, 2.05) is 0 Å². The molecule has 1 saturated carbocycles. The largest absolute Gasteiger partial charge is 0.481 e. The Hall–Kier alpha value is -1.38. The molecule has 0 spiro atoms. The van der Waals surface area contributed by atoms with Crippen molar-refractivity contribution in [2.24, 2.45) is 11.8 Å². The minimum Gasteiger partial charge on any atom is -0.481 e. The Morgan fingerprint density at radius 2 is 2.00 bits per heavy atom. The summed E-state index contributed by atoms with van der Waals surface area (Å²) in [7, 11) is 0. The van der Waals surface area contributed by atoms with Crippen molar-refractivity contribution in [3.63, 3.8) is 0 Å². The molecule has 0 unspecified atom stereocenters. The van der Waals surface area contributed by atoms with Gasteiger partial charge in [-0.15, -0.1) is 0 Å². The van der Waals surface area contributed by atoms with Gasteiger partial charge in [0.2, 0.25) is 0 Å². The zero-order chi connectivity index (χ0) is 10.3. The van der Waals surface area contributed by atoms with E-state index in [2.05, 4.69) is 0 Å². The van der Waals surface area contributed by atoms with Crippen molar-refractivity contribution in [3.8, 4) is 0 Å². The number of alkyl halides is 1. The molecule has 0 aliphatic heterocycles. The van der Waals surface area contributed by atoms with Crippen LogP contribution in [0.4, 0.5) is 4.39 Å². The summed E-state index contributed by atoms with van der Waals surface area (Å²) in [6.45, 7) is 1.63. The number of hydrogen-bond donors (Lipinski definition) is 1. The number of carbonyl (C=O) groups is 1. The number of halogens is 1. The number of carboxylic acid groups (broad SMARTS) is 1. The van der Waals surface area contributed by atoms with Crippen LogP contribution in [0.2, 0.25) is 0 Å². The molecule has 0 saturated heterocycles. The van der Waals surface area contributed by atoms with Gasteiger partial charge in [-0.05, 0) is 5.56 Å². The Morgan fingerprint density at radius 3 is 2.43 bits per heavy atom. The van der Waals surface area contributed by atoms with Crippen LogP contribution in [0.25, 0.3) is 0 Å². The first-order valence-electron chi connectivity index (χ1n) is 4.55. The summed E-state index contributed by atoms with van der Waals surface area (Å²) in [4.78, 5) is 10.7. The number of aliphatic carboxylic acids is 1. The third kappa shape index (κ3) is 1.05. The standard InChI is InChI=1S/C11H11FO2/c1-7-9(10(13)14)11(7,12)8-5-3-2-4-6-8/h2-7,9H,1H3,(H,13,14)/t7-,9+,11-/m1/s1. The van der Waals surface area contributed by atoms with Gasteiger partial charge in [0.05, 0.1) is 0 Å². The summed E-state index contributed by atoms with van der Waals surface area (Å²) in [5.74, 6) is -2.36. The Bertz CT molecular complexity index is 363. The quantitative estimate of drug-likeness (QED) is 0.783. The van der Waals surface area contributed by atoms with Crippen molar-refractivity contribution in [1.82, 2.24) is 0 Å². The van der Waals surface area contributed by atoms with Crippen LogP contribution in [0.3, 0.4) is 0 Å². The van der Waals surface area contributed by atoms with Gasteiger partial charge in [0, 0.05) is 5.92 Å². The summed E-state index contributed by atoms with van der Waals surface area (Å²) in [5, 5.41) is 8.78. The molecular weight excluding hydrogens is 183 g/mol. The van der Waals surface area contributed by atoms with Crippen molar-refractivity contribution < 1.29 is 14.3 Å². The van der Waals surface area contributed by atoms with Gasteiger partial charge in [0.1, 0.15) is 5.92 Å². The molecule has 1 aromatic carbocycles. The first kappa shape index (κ1) is 9.19. The SMILES string of the molecule is C[C@@H]1[C@@H](C(=O)O)[C@]1(F)c1ccccc1. The van der Waals surface area contributed by atoms with Gasteiger partial charge < -0.3 is 5.11 Å². The zero-order valence-corrected chi connectivity index (χ0v) is 7.77. The van der Waals surface area contributed by atoms with E-state index in [1.54, 1.807) is 37.3 Å². The molecule has 2 nitrogen and oxygen atoms in total. The number of hydrogen-bond acceptors (Lipinski definition) is 1. The van der Waals surface area contributed by atoms with Crippen LogP contribution < -0.4 is 0 Å². The van der Waals surface area contributed by atoms with Gasteiger partial charge in [-0.25, -0.2) is 4.39 Å². The van der Waals surface area contributed by atoms with Crippen LogP contribution in [0.15, 0.2) is 30.3 Å². The highest BCUT2D eigenvalue weighted by Crippen LogP contribution is 2.60. The maximum Gasteiger partial charge on any atom is 0.310 e. The normalized spacial score (nSPS) is 35.3. The Kier molecular flexibility index (Phi) is 1.84. The number of rotatable bonds is 2. The second kappa shape index (κ2) is 2.80. The molecular formula is C11H11FO2. The Morgan fingerprint density at radius 1 is 1.43 bits per heavy atom. The van der Waals surface area contributed by atoms with Crippen LogP contribution in [-0.4, -0.2) is 11.1 Å². The fourth-order valence-corrected chi connectivity index (χ4v) is 2.05. The fourth-order valence-electron chi connectivity index (χ4n) is 2.05. The summed E-state index contributed by atoms with van der Waals surface area (Å²) >= 11 is 0. The van der Waals surface area contributed by atoms with E-state index in [0.717, 1.165) is 0 Å². The minimum absolute atomic E-state index is 0.428. The van der Waals surface area contributed by atoms with Gasteiger partial charge in [0.25, 0.3) is 0 Å². The minimum atomic E-state index is -1.66. The molecule has 3 heteroatoms. The molecule has 0 radical (unpaired) electrons. The lowest BCUT2D eigenvalue weighted by molar-refractivity contribution is -0.139. The first-order chi connectivity index (χ1) is 6.58. The molecule has 0 aromatic heterocycles. The van der Waals surface area contributed by atoms with Crippen LogP contribution in [0.5, 0.6) is 0 Å². The summed E-state index contributed by atoms with van der Waals surface area (Å²) in [5.41, 5.74) is -1.19. The maximum absolute atomic E-state index is 14.2. The molecule has 0 bridgehead atoms. The van der Waals surface area contributed by atoms with E-state index in [1.165, 1.54) is 0 Å². The van der Waals surface area contributed by atoms with E-state index >= 15 is 0 Å². The lowest BCUT2D eigenvalue weighted by atomic mass is 10.1. The molecule has 74 valence electrons. The Labute approximate surface area is 81.4 Å². The van der Waals surface area contributed by atoms with Gasteiger partial charge in [-0.1, -0.05) is 37.3 Å². The average molecular weight is 194 g/mol. The van der Waals surface area contributed by atoms with Crippen molar-refractivity contribution in [1.29, 1.82) is 0 Å².